The number of nitrogens with two attached hydrogens (primary N) is 1. The first-order chi connectivity index (χ1) is 9.25. The predicted molar refractivity (Wildman–Crippen MR) is 82.3 cm³/mol. The Labute approximate surface area is 121 Å². The number of rotatable bonds is 3. The van der Waals surface area contributed by atoms with Gasteiger partial charge in [-0.25, -0.2) is 12.7 Å². The van der Waals surface area contributed by atoms with Gasteiger partial charge in [0, 0.05) is 26.7 Å². The molecule has 0 amide bonds. The maximum Gasteiger partial charge on any atom is 0.244 e. The van der Waals surface area contributed by atoms with Crippen molar-refractivity contribution in [3.8, 4) is 0 Å². The van der Waals surface area contributed by atoms with E-state index < -0.39 is 10.0 Å². The summed E-state index contributed by atoms with van der Waals surface area (Å²) in [4.78, 5) is 2.39. The molecule has 0 spiro atoms. The summed E-state index contributed by atoms with van der Waals surface area (Å²) in [5.41, 5.74) is 7.32. The molecule has 2 rings (SSSR count). The number of nitrogens with zero attached hydrogens (tertiary/aromatic N) is 2. The molecule has 1 aromatic carbocycles. The van der Waals surface area contributed by atoms with Gasteiger partial charge in [0.1, 0.15) is 4.90 Å². The summed E-state index contributed by atoms with van der Waals surface area (Å²) in [7, 11) is -0.477. The van der Waals surface area contributed by atoms with Crippen LogP contribution in [0.15, 0.2) is 23.1 Å². The van der Waals surface area contributed by atoms with Crippen molar-refractivity contribution in [2.24, 2.45) is 5.92 Å². The zero-order valence-corrected chi connectivity index (χ0v) is 13.3. The van der Waals surface area contributed by atoms with Crippen molar-refractivity contribution in [1.82, 2.24) is 4.31 Å². The molecular weight excluding hydrogens is 274 g/mol. The van der Waals surface area contributed by atoms with Crippen LogP contribution in [0, 0.1) is 5.92 Å². The largest absolute Gasteiger partial charge is 0.396 e. The maximum absolute atomic E-state index is 12.3. The molecule has 1 saturated heterocycles. The molecule has 1 aliphatic rings. The fourth-order valence-electron chi connectivity index (χ4n) is 2.84. The van der Waals surface area contributed by atoms with Gasteiger partial charge in [-0.05, 0) is 31.4 Å². The number of anilines is 2. The summed E-state index contributed by atoms with van der Waals surface area (Å²) in [6, 6.07) is 5.61. The van der Waals surface area contributed by atoms with Crippen LogP contribution < -0.4 is 10.6 Å². The lowest BCUT2D eigenvalue weighted by atomic mass is 10.1. The highest BCUT2D eigenvalue weighted by molar-refractivity contribution is 7.89. The molecule has 1 aliphatic heterocycles. The number of nitrogen functional groups attached to an aromatic ring is 1. The van der Waals surface area contributed by atoms with E-state index in [4.69, 9.17) is 5.73 Å². The molecule has 112 valence electrons. The SMILES string of the molecule is CC1CC(C)N(c2cccc(S(=O)(=O)N(C)C)c2N)C1. The number of benzene rings is 1. The van der Waals surface area contributed by atoms with Crippen molar-refractivity contribution in [2.75, 3.05) is 31.3 Å². The second-order valence-electron chi connectivity index (χ2n) is 5.82. The van der Waals surface area contributed by atoms with Crippen LogP contribution in [0.5, 0.6) is 0 Å². The van der Waals surface area contributed by atoms with Crippen molar-refractivity contribution in [2.45, 2.75) is 31.2 Å². The van der Waals surface area contributed by atoms with Gasteiger partial charge in [-0.3, -0.25) is 0 Å². The Kier molecular flexibility index (Phi) is 3.97. The Morgan fingerprint density at radius 1 is 1.30 bits per heavy atom. The van der Waals surface area contributed by atoms with Crippen molar-refractivity contribution < 1.29 is 8.42 Å². The van der Waals surface area contributed by atoms with E-state index in [1.807, 2.05) is 6.07 Å². The van der Waals surface area contributed by atoms with Gasteiger partial charge in [-0.15, -0.1) is 0 Å². The van der Waals surface area contributed by atoms with Gasteiger partial charge >= 0.3 is 0 Å². The lowest BCUT2D eigenvalue weighted by molar-refractivity contribution is 0.521. The van der Waals surface area contributed by atoms with E-state index in [0.29, 0.717) is 17.6 Å². The summed E-state index contributed by atoms with van der Waals surface area (Å²) >= 11 is 0. The third-order valence-electron chi connectivity index (χ3n) is 3.90. The van der Waals surface area contributed by atoms with E-state index in [0.717, 1.165) is 18.7 Å². The number of hydrogen-bond donors (Lipinski definition) is 1. The van der Waals surface area contributed by atoms with Crippen LogP contribution in [0.4, 0.5) is 11.4 Å². The van der Waals surface area contributed by atoms with Gasteiger partial charge in [0.05, 0.1) is 11.4 Å². The summed E-state index contributed by atoms with van der Waals surface area (Å²) in [5.74, 6) is 0.596. The van der Waals surface area contributed by atoms with E-state index in [-0.39, 0.29) is 4.90 Å². The molecule has 20 heavy (non-hydrogen) atoms. The van der Waals surface area contributed by atoms with Crippen LogP contribution in [0.2, 0.25) is 0 Å². The van der Waals surface area contributed by atoms with Crippen LogP contribution >= 0.6 is 0 Å². The zero-order chi connectivity index (χ0) is 15.1. The van der Waals surface area contributed by atoms with E-state index in [1.54, 1.807) is 12.1 Å². The van der Waals surface area contributed by atoms with Gasteiger partial charge in [-0.1, -0.05) is 13.0 Å². The number of hydrogen-bond acceptors (Lipinski definition) is 4. The second kappa shape index (κ2) is 5.26. The fraction of sp³-hybridized carbons (Fsp3) is 0.571. The molecule has 6 heteroatoms. The van der Waals surface area contributed by atoms with E-state index >= 15 is 0 Å². The van der Waals surface area contributed by atoms with Gasteiger partial charge < -0.3 is 10.6 Å². The van der Waals surface area contributed by atoms with Gasteiger partial charge in [-0.2, -0.15) is 0 Å². The topological polar surface area (TPSA) is 66.6 Å². The van der Waals surface area contributed by atoms with Crippen molar-refractivity contribution >= 4 is 21.4 Å². The zero-order valence-electron chi connectivity index (χ0n) is 12.5. The minimum Gasteiger partial charge on any atom is -0.396 e. The van der Waals surface area contributed by atoms with Crippen LogP contribution in [-0.4, -0.2) is 39.4 Å². The molecule has 0 bridgehead atoms. The Morgan fingerprint density at radius 3 is 2.45 bits per heavy atom. The van der Waals surface area contributed by atoms with Crippen molar-refractivity contribution in [1.29, 1.82) is 0 Å². The Hall–Kier alpha value is -1.27. The minimum atomic E-state index is -3.51. The Morgan fingerprint density at radius 2 is 1.95 bits per heavy atom. The van der Waals surface area contributed by atoms with E-state index in [9.17, 15) is 8.42 Å². The second-order valence-corrected chi connectivity index (χ2v) is 7.94. The molecule has 0 aromatic heterocycles. The number of para-hydroxylation sites is 1. The van der Waals surface area contributed by atoms with Gasteiger partial charge in [0.2, 0.25) is 10.0 Å². The summed E-state index contributed by atoms with van der Waals surface area (Å²) in [6.45, 7) is 5.26. The Bertz CT molecular complexity index is 598. The molecule has 2 unspecified atom stereocenters. The quantitative estimate of drug-likeness (QED) is 0.863. The molecule has 0 radical (unpaired) electrons. The first-order valence-corrected chi connectivity index (χ1v) is 8.26. The standard InChI is InChI=1S/C14H23N3O2S/c1-10-8-11(2)17(9-10)12-6-5-7-13(14(12)15)20(18,19)16(3)4/h5-7,10-11H,8-9,15H2,1-4H3. The first-order valence-electron chi connectivity index (χ1n) is 6.82. The molecular formula is C14H23N3O2S. The maximum atomic E-state index is 12.3. The third kappa shape index (κ3) is 2.50. The van der Waals surface area contributed by atoms with Gasteiger partial charge in [0.25, 0.3) is 0 Å². The van der Waals surface area contributed by atoms with Crippen molar-refractivity contribution in [3.05, 3.63) is 18.2 Å². The monoisotopic (exact) mass is 297 g/mol. The minimum absolute atomic E-state index is 0.187. The molecule has 2 atom stereocenters. The molecule has 5 nitrogen and oxygen atoms in total. The first kappa shape index (κ1) is 15.1. The van der Waals surface area contributed by atoms with E-state index in [2.05, 4.69) is 18.7 Å². The summed E-state index contributed by atoms with van der Waals surface area (Å²) < 4.78 is 25.8. The third-order valence-corrected chi connectivity index (χ3v) is 5.77. The molecule has 1 fully saturated rings. The highest BCUT2D eigenvalue weighted by Gasteiger charge is 2.30. The molecule has 1 heterocycles. The molecule has 2 N–H and O–H groups in total. The predicted octanol–water partition coefficient (Wildman–Crippen LogP) is 1.75. The fourth-order valence-corrected chi connectivity index (χ4v) is 3.87. The lowest BCUT2D eigenvalue weighted by Gasteiger charge is -2.26. The van der Waals surface area contributed by atoms with E-state index in [1.165, 1.54) is 18.4 Å². The molecule has 0 aliphatic carbocycles. The van der Waals surface area contributed by atoms with Crippen LogP contribution in [-0.2, 0) is 10.0 Å². The Balaban J connectivity index is 2.49. The molecule has 0 saturated carbocycles. The van der Waals surface area contributed by atoms with Crippen LogP contribution in [0.1, 0.15) is 20.3 Å². The number of sulfonamides is 1. The lowest BCUT2D eigenvalue weighted by Crippen LogP contribution is -2.29. The molecule has 1 aromatic rings. The van der Waals surface area contributed by atoms with Crippen molar-refractivity contribution in [3.63, 3.8) is 0 Å². The highest BCUT2D eigenvalue weighted by Crippen LogP contribution is 2.36. The highest BCUT2D eigenvalue weighted by atomic mass is 32.2. The normalized spacial score (nSPS) is 23.6. The average Bonchev–Trinajstić information content (AvgIpc) is 2.68. The summed E-state index contributed by atoms with van der Waals surface area (Å²) in [6.07, 6.45) is 1.10. The van der Waals surface area contributed by atoms with Crippen LogP contribution in [0.3, 0.4) is 0 Å². The van der Waals surface area contributed by atoms with Gasteiger partial charge in [0.15, 0.2) is 0 Å². The van der Waals surface area contributed by atoms with Crippen LogP contribution in [0.25, 0.3) is 0 Å². The summed E-state index contributed by atoms with van der Waals surface area (Å²) in [5, 5.41) is 0. The average molecular weight is 297 g/mol. The smallest absolute Gasteiger partial charge is 0.244 e.